The Bertz CT molecular complexity index is 577. The van der Waals surface area contributed by atoms with Crippen LogP contribution in [0.5, 0.6) is 0 Å². The Morgan fingerprint density at radius 2 is 1.89 bits per heavy atom. The van der Waals surface area contributed by atoms with Crippen LogP contribution in [0.2, 0.25) is 0 Å². The molecule has 0 fully saturated rings. The number of fused-ring (bicyclic) bond motifs is 1. The molecular formula is C15H15NO2. The molecule has 0 saturated carbocycles. The summed E-state index contributed by atoms with van der Waals surface area (Å²) in [5.41, 5.74) is 1.03. The van der Waals surface area contributed by atoms with Crippen LogP contribution in [-0.4, -0.2) is 23.6 Å². The van der Waals surface area contributed by atoms with E-state index in [1.54, 1.807) is 0 Å². The molecule has 92 valence electrons. The topological polar surface area (TPSA) is 37.4 Å². The maximum atomic E-state index is 11.4. The van der Waals surface area contributed by atoms with Gasteiger partial charge in [-0.25, -0.2) is 0 Å². The summed E-state index contributed by atoms with van der Waals surface area (Å²) in [7, 11) is 0. The zero-order chi connectivity index (χ0) is 13.0. The molecule has 0 aliphatic rings. The molecule has 0 N–H and O–H groups in total. The van der Waals surface area contributed by atoms with Crippen molar-refractivity contribution in [2.45, 2.75) is 13.5 Å². The minimum absolute atomic E-state index is 0.0877. The second-order valence-electron chi connectivity index (χ2n) is 4.25. The molecule has 1 amide bonds. The van der Waals surface area contributed by atoms with Gasteiger partial charge in [0.05, 0.1) is 6.54 Å². The second-order valence-corrected chi connectivity index (χ2v) is 4.25. The van der Waals surface area contributed by atoms with E-state index in [0.717, 1.165) is 17.2 Å². The van der Waals surface area contributed by atoms with Crippen molar-refractivity contribution in [2.24, 2.45) is 0 Å². The van der Waals surface area contributed by atoms with Gasteiger partial charge in [-0.15, -0.1) is 0 Å². The van der Waals surface area contributed by atoms with Crippen LogP contribution in [0.1, 0.15) is 12.5 Å². The number of carbonyl (C=O) groups is 2. The summed E-state index contributed by atoms with van der Waals surface area (Å²) >= 11 is 0. The van der Waals surface area contributed by atoms with Crippen molar-refractivity contribution < 1.29 is 9.59 Å². The highest BCUT2D eigenvalue weighted by Gasteiger charge is 2.08. The molecule has 0 spiro atoms. The summed E-state index contributed by atoms with van der Waals surface area (Å²) in [6.45, 7) is 2.09. The highest BCUT2D eigenvalue weighted by molar-refractivity contribution is 5.83. The van der Waals surface area contributed by atoms with E-state index in [1.165, 1.54) is 17.2 Å². The van der Waals surface area contributed by atoms with Gasteiger partial charge in [0.15, 0.2) is 0 Å². The van der Waals surface area contributed by atoms with Crippen LogP contribution in [0.4, 0.5) is 0 Å². The van der Waals surface area contributed by atoms with Gasteiger partial charge >= 0.3 is 0 Å². The first-order valence-corrected chi connectivity index (χ1v) is 5.87. The Kier molecular flexibility index (Phi) is 3.72. The smallest absolute Gasteiger partial charge is 0.220 e. The number of hydrogen-bond acceptors (Lipinski definition) is 2. The molecule has 0 heterocycles. The van der Waals surface area contributed by atoms with Gasteiger partial charge in [0.1, 0.15) is 6.29 Å². The predicted octanol–water partition coefficient (Wildman–Crippen LogP) is 2.39. The molecule has 0 radical (unpaired) electrons. The van der Waals surface area contributed by atoms with Crippen molar-refractivity contribution in [2.75, 3.05) is 6.54 Å². The van der Waals surface area contributed by atoms with Crippen LogP contribution in [0.25, 0.3) is 10.8 Å². The maximum absolute atomic E-state index is 11.4. The van der Waals surface area contributed by atoms with Crippen molar-refractivity contribution in [1.82, 2.24) is 4.90 Å². The molecule has 0 aliphatic heterocycles. The maximum Gasteiger partial charge on any atom is 0.220 e. The lowest BCUT2D eigenvalue weighted by Gasteiger charge is -2.18. The largest absolute Gasteiger partial charge is 0.332 e. The van der Waals surface area contributed by atoms with Crippen LogP contribution in [-0.2, 0) is 16.1 Å². The van der Waals surface area contributed by atoms with Crippen LogP contribution >= 0.6 is 0 Å². The van der Waals surface area contributed by atoms with Gasteiger partial charge in [-0.3, -0.25) is 4.79 Å². The molecule has 3 heteroatoms. The first-order valence-electron chi connectivity index (χ1n) is 5.87. The SMILES string of the molecule is CC(=O)N(CC=O)Cc1ccc2ccccc2c1. The van der Waals surface area contributed by atoms with Crippen LogP contribution < -0.4 is 0 Å². The molecule has 0 bridgehead atoms. The normalized spacial score (nSPS) is 10.3. The molecule has 0 atom stereocenters. The predicted molar refractivity (Wildman–Crippen MR) is 71.1 cm³/mol. The number of carbonyl (C=O) groups excluding carboxylic acids is 2. The van der Waals surface area contributed by atoms with E-state index in [2.05, 4.69) is 6.07 Å². The fourth-order valence-electron chi connectivity index (χ4n) is 1.95. The molecule has 2 aromatic carbocycles. The average molecular weight is 241 g/mol. The second kappa shape index (κ2) is 5.45. The van der Waals surface area contributed by atoms with Crippen molar-refractivity contribution >= 4 is 23.0 Å². The lowest BCUT2D eigenvalue weighted by atomic mass is 10.1. The Hall–Kier alpha value is -2.16. The average Bonchev–Trinajstić information content (AvgIpc) is 2.38. The van der Waals surface area contributed by atoms with E-state index in [0.29, 0.717) is 6.54 Å². The fraction of sp³-hybridized carbons (Fsp3) is 0.200. The minimum atomic E-state index is -0.0877. The minimum Gasteiger partial charge on any atom is -0.332 e. The van der Waals surface area contributed by atoms with Gasteiger partial charge < -0.3 is 9.69 Å². The highest BCUT2D eigenvalue weighted by Crippen LogP contribution is 2.16. The van der Waals surface area contributed by atoms with E-state index < -0.39 is 0 Å². The molecule has 0 unspecified atom stereocenters. The third-order valence-corrected chi connectivity index (χ3v) is 2.93. The quantitative estimate of drug-likeness (QED) is 0.771. The standard InChI is InChI=1S/C15H15NO2/c1-12(18)16(8-9-17)11-13-6-7-14-4-2-3-5-15(14)10-13/h2-7,9-10H,8,11H2,1H3. The summed E-state index contributed by atoms with van der Waals surface area (Å²) in [6, 6.07) is 14.1. The first-order chi connectivity index (χ1) is 8.70. The van der Waals surface area contributed by atoms with E-state index >= 15 is 0 Å². The van der Waals surface area contributed by atoms with Crippen molar-refractivity contribution in [3.8, 4) is 0 Å². The third kappa shape index (κ3) is 2.74. The van der Waals surface area contributed by atoms with E-state index in [1.807, 2.05) is 36.4 Å². The van der Waals surface area contributed by atoms with Crippen molar-refractivity contribution in [3.63, 3.8) is 0 Å². The number of nitrogens with zero attached hydrogens (tertiary/aromatic N) is 1. The number of rotatable bonds is 4. The van der Waals surface area contributed by atoms with Crippen molar-refractivity contribution in [1.29, 1.82) is 0 Å². The summed E-state index contributed by atoms with van der Waals surface area (Å²) in [6.07, 6.45) is 0.752. The molecular weight excluding hydrogens is 226 g/mol. The monoisotopic (exact) mass is 241 g/mol. The van der Waals surface area contributed by atoms with E-state index in [9.17, 15) is 9.59 Å². The van der Waals surface area contributed by atoms with Crippen molar-refractivity contribution in [3.05, 3.63) is 48.0 Å². The number of amides is 1. The Morgan fingerprint density at radius 3 is 2.56 bits per heavy atom. The lowest BCUT2D eigenvalue weighted by Crippen LogP contribution is -2.29. The summed E-state index contributed by atoms with van der Waals surface area (Å²) in [5, 5.41) is 2.32. The molecule has 0 saturated heterocycles. The van der Waals surface area contributed by atoms with Gasteiger partial charge in [-0.2, -0.15) is 0 Å². The summed E-state index contributed by atoms with van der Waals surface area (Å²) in [5.74, 6) is -0.0877. The van der Waals surface area contributed by atoms with Crippen LogP contribution in [0.15, 0.2) is 42.5 Å². The molecule has 0 aliphatic carbocycles. The Labute approximate surface area is 106 Å². The fourth-order valence-corrected chi connectivity index (χ4v) is 1.95. The Balaban J connectivity index is 2.25. The molecule has 2 aromatic rings. The zero-order valence-electron chi connectivity index (χ0n) is 10.3. The highest BCUT2D eigenvalue weighted by atomic mass is 16.2. The summed E-state index contributed by atoms with van der Waals surface area (Å²) < 4.78 is 0. The molecule has 18 heavy (non-hydrogen) atoms. The van der Waals surface area contributed by atoms with Gasteiger partial charge in [0, 0.05) is 13.5 Å². The van der Waals surface area contributed by atoms with E-state index in [-0.39, 0.29) is 12.5 Å². The van der Waals surface area contributed by atoms with Gasteiger partial charge in [0.2, 0.25) is 5.91 Å². The molecule has 2 rings (SSSR count). The van der Waals surface area contributed by atoms with Gasteiger partial charge in [-0.05, 0) is 22.4 Å². The molecule has 0 aromatic heterocycles. The first kappa shape index (κ1) is 12.3. The van der Waals surface area contributed by atoms with Gasteiger partial charge in [0.25, 0.3) is 0 Å². The number of aldehydes is 1. The van der Waals surface area contributed by atoms with Crippen LogP contribution in [0, 0.1) is 0 Å². The van der Waals surface area contributed by atoms with Crippen LogP contribution in [0.3, 0.4) is 0 Å². The zero-order valence-corrected chi connectivity index (χ0v) is 10.3. The number of hydrogen-bond donors (Lipinski definition) is 0. The molecule has 3 nitrogen and oxygen atoms in total. The van der Waals surface area contributed by atoms with Gasteiger partial charge in [-0.1, -0.05) is 36.4 Å². The van der Waals surface area contributed by atoms with E-state index in [4.69, 9.17) is 0 Å². The lowest BCUT2D eigenvalue weighted by molar-refractivity contribution is -0.131. The Morgan fingerprint density at radius 1 is 1.17 bits per heavy atom. The number of benzene rings is 2. The summed E-state index contributed by atoms with van der Waals surface area (Å²) in [4.78, 5) is 23.4. The third-order valence-electron chi connectivity index (χ3n) is 2.93.